The van der Waals surface area contributed by atoms with Crippen molar-refractivity contribution in [2.24, 2.45) is 0 Å². The molecule has 0 radical (unpaired) electrons. The average molecular weight is 764 g/mol. The molecule has 0 bridgehead atoms. The Kier molecular flexibility index (Phi) is 7.89. The predicted molar refractivity (Wildman–Crippen MR) is 255 cm³/mol. The lowest BCUT2D eigenvalue weighted by molar-refractivity contribution is 0.673. The Bertz CT molecular complexity index is 3600. The molecule has 2 heteroatoms. The lowest BCUT2D eigenvalue weighted by Crippen LogP contribution is -2.12. The maximum atomic E-state index is 6.73. The summed E-state index contributed by atoms with van der Waals surface area (Å²) in [6.07, 6.45) is 0. The molecule has 0 aliphatic heterocycles. The molecule has 0 aliphatic carbocycles. The summed E-state index contributed by atoms with van der Waals surface area (Å²) in [5.74, 6) is 0. The zero-order chi connectivity index (χ0) is 39.6. The normalized spacial score (nSPS) is 11.7. The Morgan fingerprint density at radius 1 is 0.317 bits per heavy atom. The van der Waals surface area contributed by atoms with Gasteiger partial charge < -0.3 is 9.32 Å². The zero-order valence-corrected chi connectivity index (χ0v) is 32.7. The van der Waals surface area contributed by atoms with Crippen LogP contribution in [0.2, 0.25) is 0 Å². The number of benzene rings is 11. The van der Waals surface area contributed by atoms with Crippen molar-refractivity contribution < 1.29 is 4.42 Å². The van der Waals surface area contributed by atoms with Crippen LogP contribution in [0.4, 0.5) is 17.1 Å². The number of hydrogen-bond acceptors (Lipinski definition) is 2. The second-order valence-corrected chi connectivity index (χ2v) is 15.6. The van der Waals surface area contributed by atoms with Crippen molar-refractivity contribution in [1.29, 1.82) is 0 Å². The lowest BCUT2D eigenvalue weighted by atomic mass is 9.85. The van der Waals surface area contributed by atoms with Gasteiger partial charge in [-0.25, -0.2) is 0 Å². The Morgan fingerprint density at radius 2 is 0.850 bits per heavy atom. The molecular formula is C58H37NO. The van der Waals surface area contributed by atoms with Crippen LogP contribution < -0.4 is 4.90 Å². The summed E-state index contributed by atoms with van der Waals surface area (Å²) in [7, 11) is 0. The smallest absolute Gasteiger partial charge is 0.143 e. The Hall–Kier alpha value is -7.94. The largest absolute Gasteiger partial charge is 0.455 e. The summed E-state index contributed by atoms with van der Waals surface area (Å²) in [5, 5.41) is 11.8. The lowest BCUT2D eigenvalue weighted by Gasteiger charge is -2.30. The van der Waals surface area contributed by atoms with Crippen LogP contribution >= 0.6 is 0 Å². The van der Waals surface area contributed by atoms with Crippen LogP contribution in [-0.2, 0) is 0 Å². The van der Waals surface area contributed by atoms with Gasteiger partial charge in [0, 0.05) is 32.8 Å². The molecule has 0 unspecified atom stereocenters. The highest BCUT2D eigenvalue weighted by Crippen LogP contribution is 2.50. The quantitative estimate of drug-likeness (QED) is 0.157. The van der Waals surface area contributed by atoms with E-state index >= 15 is 0 Å². The van der Waals surface area contributed by atoms with Crippen molar-refractivity contribution in [3.8, 4) is 33.4 Å². The van der Waals surface area contributed by atoms with E-state index in [1.807, 2.05) is 0 Å². The van der Waals surface area contributed by atoms with E-state index in [1.54, 1.807) is 0 Å². The minimum atomic E-state index is 0.879. The van der Waals surface area contributed by atoms with Gasteiger partial charge in [-0.3, -0.25) is 0 Å². The molecule has 60 heavy (non-hydrogen) atoms. The van der Waals surface area contributed by atoms with E-state index in [0.717, 1.165) is 55.5 Å². The molecule has 0 amide bonds. The SMILES string of the molecule is c1ccc(-c2c(-c3ccccc3)c3cc(N(c4ccccc4-c4cccc5oc6c7ccccc7ccc6c45)c4cccc5ccccc45)ccc3c3ccccc23)cc1. The van der Waals surface area contributed by atoms with Gasteiger partial charge in [-0.2, -0.15) is 0 Å². The summed E-state index contributed by atoms with van der Waals surface area (Å²) < 4.78 is 6.73. The molecule has 280 valence electrons. The monoisotopic (exact) mass is 763 g/mol. The first kappa shape index (κ1) is 34.1. The maximum absolute atomic E-state index is 6.73. The van der Waals surface area contributed by atoms with Crippen LogP contribution in [0.1, 0.15) is 0 Å². The van der Waals surface area contributed by atoms with Gasteiger partial charge in [0.25, 0.3) is 0 Å². The summed E-state index contributed by atoms with van der Waals surface area (Å²) in [4.78, 5) is 2.47. The van der Waals surface area contributed by atoms with Crippen LogP contribution in [0.15, 0.2) is 229 Å². The van der Waals surface area contributed by atoms with Gasteiger partial charge in [-0.05, 0) is 96.5 Å². The molecule has 1 heterocycles. The number of anilines is 3. The number of fused-ring (bicyclic) bond motifs is 9. The Labute approximate surface area is 347 Å². The zero-order valence-electron chi connectivity index (χ0n) is 32.7. The van der Waals surface area contributed by atoms with Gasteiger partial charge >= 0.3 is 0 Å². The van der Waals surface area contributed by atoms with E-state index in [4.69, 9.17) is 4.42 Å². The van der Waals surface area contributed by atoms with Crippen molar-refractivity contribution in [2.45, 2.75) is 0 Å². The molecular weight excluding hydrogens is 727 g/mol. The average Bonchev–Trinajstić information content (AvgIpc) is 3.72. The van der Waals surface area contributed by atoms with Crippen molar-refractivity contribution in [3.05, 3.63) is 224 Å². The van der Waals surface area contributed by atoms with Crippen molar-refractivity contribution in [2.75, 3.05) is 4.90 Å². The van der Waals surface area contributed by atoms with E-state index in [2.05, 4.69) is 229 Å². The molecule has 12 aromatic rings. The predicted octanol–water partition coefficient (Wildman–Crippen LogP) is 16.7. The number of para-hydroxylation sites is 1. The molecule has 0 saturated heterocycles. The first-order valence-corrected chi connectivity index (χ1v) is 20.6. The summed E-state index contributed by atoms with van der Waals surface area (Å²) >= 11 is 0. The fourth-order valence-corrected chi connectivity index (χ4v) is 9.61. The first-order chi connectivity index (χ1) is 29.8. The molecule has 0 N–H and O–H groups in total. The van der Waals surface area contributed by atoms with Crippen molar-refractivity contribution in [1.82, 2.24) is 0 Å². The molecule has 0 saturated carbocycles. The summed E-state index contributed by atoms with van der Waals surface area (Å²) in [6.45, 7) is 0. The first-order valence-electron chi connectivity index (χ1n) is 20.6. The second-order valence-electron chi connectivity index (χ2n) is 15.6. The molecule has 12 rings (SSSR count). The molecule has 2 nitrogen and oxygen atoms in total. The van der Waals surface area contributed by atoms with Crippen molar-refractivity contribution >= 4 is 82.1 Å². The minimum absolute atomic E-state index is 0.879. The number of rotatable bonds is 6. The number of nitrogens with zero attached hydrogens (tertiary/aromatic N) is 1. The van der Waals surface area contributed by atoms with E-state index < -0.39 is 0 Å². The molecule has 0 fully saturated rings. The highest BCUT2D eigenvalue weighted by Gasteiger charge is 2.24. The highest BCUT2D eigenvalue weighted by molar-refractivity contribution is 6.23. The van der Waals surface area contributed by atoms with Crippen LogP contribution in [-0.4, -0.2) is 0 Å². The standard InChI is InChI=1S/C58H37NO/c1-3-19-40(20-4-1)55-48-28-12-11-26-45(48)46-36-34-42(37-51(46)56(55)41-21-5-2-6-22-41)59(52-31-15-23-38-17-7-9-24-43(38)52)53-30-14-13-27-47(53)49-29-16-32-54-57(49)50-35-33-39-18-8-10-25-44(39)58(50)60-54/h1-37H. The van der Waals surface area contributed by atoms with E-state index in [1.165, 1.54) is 60.0 Å². The maximum Gasteiger partial charge on any atom is 0.143 e. The molecule has 0 aliphatic rings. The van der Waals surface area contributed by atoms with E-state index in [9.17, 15) is 0 Å². The third kappa shape index (κ3) is 5.35. The topological polar surface area (TPSA) is 16.4 Å². The van der Waals surface area contributed by atoms with Crippen molar-refractivity contribution in [3.63, 3.8) is 0 Å². The van der Waals surface area contributed by atoms with Crippen LogP contribution in [0.25, 0.3) is 98.4 Å². The van der Waals surface area contributed by atoms with E-state index in [0.29, 0.717) is 0 Å². The molecule has 0 spiro atoms. The summed E-state index contributed by atoms with van der Waals surface area (Å²) in [6, 6.07) is 81.3. The van der Waals surface area contributed by atoms with Gasteiger partial charge in [0.2, 0.25) is 0 Å². The van der Waals surface area contributed by atoms with Gasteiger partial charge in [0.1, 0.15) is 11.2 Å². The third-order valence-corrected chi connectivity index (χ3v) is 12.2. The van der Waals surface area contributed by atoms with Gasteiger partial charge in [-0.1, -0.05) is 188 Å². The van der Waals surface area contributed by atoms with Crippen LogP contribution in [0.3, 0.4) is 0 Å². The minimum Gasteiger partial charge on any atom is -0.455 e. The van der Waals surface area contributed by atoms with Crippen LogP contribution in [0.5, 0.6) is 0 Å². The third-order valence-electron chi connectivity index (χ3n) is 12.2. The second kappa shape index (κ2) is 13.9. The Balaban J connectivity index is 1.18. The van der Waals surface area contributed by atoms with Crippen LogP contribution in [0, 0.1) is 0 Å². The molecule has 11 aromatic carbocycles. The van der Waals surface area contributed by atoms with Gasteiger partial charge in [-0.15, -0.1) is 0 Å². The summed E-state index contributed by atoms with van der Waals surface area (Å²) in [5.41, 5.74) is 12.2. The van der Waals surface area contributed by atoms with E-state index in [-0.39, 0.29) is 0 Å². The van der Waals surface area contributed by atoms with Gasteiger partial charge in [0.05, 0.1) is 11.4 Å². The Morgan fingerprint density at radius 3 is 1.63 bits per heavy atom. The number of furan rings is 1. The van der Waals surface area contributed by atoms with Gasteiger partial charge in [0.15, 0.2) is 0 Å². The fraction of sp³-hybridized carbons (Fsp3) is 0. The fourth-order valence-electron chi connectivity index (χ4n) is 9.61. The molecule has 1 aromatic heterocycles. The molecule has 0 atom stereocenters. The number of hydrogen-bond donors (Lipinski definition) is 0. The highest BCUT2D eigenvalue weighted by atomic mass is 16.3.